The lowest BCUT2D eigenvalue weighted by Crippen LogP contribution is -2.50. The maximum Gasteiger partial charge on any atom is 0.234 e. The lowest BCUT2D eigenvalue weighted by molar-refractivity contribution is -0.363. The SMILES string of the molecule is CO[C@@H]1[C@@H](OC)c2c(ccc3c2[N+]([O-])=C2C3=CC(C)(C)CC2(C)C)OC1(C)C. The van der Waals surface area contributed by atoms with Crippen molar-refractivity contribution in [3.05, 3.63) is 34.5 Å². The maximum atomic E-state index is 13.6. The summed E-state index contributed by atoms with van der Waals surface area (Å²) in [5, 5.41) is 13.6. The van der Waals surface area contributed by atoms with Gasteiger partial charge in [-0.1, -0.05) is 19.9 Å². The average Bonchev–Trinajstić information content (AvgIpc) is 2.83. The van der Waals surface area contributed by atoms with Crippen molar-refractivity contribution in [2.24, 2.45) is 10.8 Å². The zero-order valence-electron chi connectivity index (χ0n) is 18.2. The van der Waals surface area contributed by atoms with Crippen molar-refractivity contribution in [1.29, 1.82) is 0 Å². The summed E-state index contributed by atoms with van der Waals surface area (Å²) in [5.41, 5.74) is 3.51. The molecule has 2 aliphatic heterocycles. The van der Waals surface area contributed by atoms with E-state index in [1.54, 1.807) is 14.2 Å². The van der Waals surface area contributed by atoms with E-state index >= 15 is 0 Å². The lowest BCUT2D eigenvalue weighted by Gasteiger charge is -2.43. The Bertz CT molecular complexity index is 907. The van der Waals surface area contributed by atoms with E-state index in [1.165, 1.54) is 0 Å². The minimum atomic E-state index is -0.566. The molecule has 2 atom stereocenters. The fourth-order valence-electron chi connectivity index (χ4n) is 5.69. The smallest absolute Gasteiger partial charge is 0.234 e. The Morgan fingerprint density at radius 1 is 1.07 bits per heavy atom. The molecule has 0 saturated heterocycles. The van der Waals surface area contributed by atoms with Gasteiger partial charge in [-0.05, 0) is 51.7 Å². The zero-order valence-corrected chi connectivity index (χ0v) is 18.2. The highest BCUT2D eigenvalue weighted by Crippen LogP contribution is 2.55. The highest BCUT2D eigenvalue weighted by atomic mass is 16.6. The van der Waals surface area contributed by atoms with Gasteiger partial charge < -0.3 is 19.4 Å². The summed E-state index contributed by atoms with van der Waals surface area (Å²) >= 11 is 0. The van der Waals surface area contributed by atoms with Crippen molar-refractivity contribution in [1.82, 2.24) is 0 Å². The van der Waals surface area contributed by atoms with Crippen LogP contribution in [-0.4, -0.2) is 36.4 Å². The number of ether oxygens (including phenoxy) is 3. The Kier molecular flexibility index (Phi) is 4.05. The third-order valence-corrected chi connectivity index (χ3v) is 6.33. The van der Waals surface area contributed by atoms with E-state index in [4.69, 9.17) is 14.2 Å². The second kappa shape index (κ2) is 5.83. The lowest BCUT2D eigenvalue weighted by atomic mass is 9.65. The molecule has 4 rings (SSSR count). The minimum Gasteiger partial charge on any atom is -0.618 e. The molecule has 0 unspecified atom stereocenters. The zero-order chi connectivity index (χ0) is 20.6. The third kappa shape index (κ3) is 2.56. The first-order valence-corrected chi connectivity index (χ1v) is 9.93. The van der Waals surface area contributed by atoms with Crippen LogP contribution >= 0.6 is 0 Å². The number of allylic oxidation sites excluding steroid dienone is 2. The fraction of sp³-hybridized carbons (Fsp3) is 0.609. The topological polar surface area (TPSA) is 53.8 Å². The van der Waals surface area contributed by atoms with Gasteiger partial charge in [0.1, 0.15) is 23.6 Å². The van der Waals surface area contributed by atoms with Crippen LogP contribution in [0.2, 0.25) is 0 Å². The number of benzene rings is 1. The van der Waals surface area contributed by atoms with Crippen LogP contribution in [0.15, 0.2) is 18.2 Å². The van der Waals surface area contributed by atoms with Crippen LogP contribution in [0.1, 0.15) is 65.2 Å². The van der Waals surface area contributed by atoms with E-state index in [-0.39, 0.29) is 23.0 Å². The molecule has 5 nitrogen and oxygen atoms in total. The summed E-state index contributed by atoms with van der Waals surface area (Å²) in [6, 6.07) is 3.99. The monoisotopic (exact) mass is 385 g/mol. The largest absolute Gasteiger partial charge is 0.618 e. The maximum absolute atomic E-state index is 13.6. The summed E-state index contributed by atoms with van der Waals surface area (Å²) in [4.78, 5) is 0. The van der Waals surface area contributed by atoms with E-state index in [2.05, 4.69) is 33.8 Å². The second-order valence-electron chi connectivity index (χ2n) is 10.1. The van der Waals surface area contributed by atoms with E-state index < -0.39 is 5.60 Å². The molecule has 152 valence electrons. The van der Waals surface area contributed by atoms with Gasteiger partial charge in [0.25, 0.3) is 0 Å². The Balaban J connectivity index is 2.02. The first-order chi connectivity index (χ1) is 12.9. The second-order valence-corrected chi connectivity index (χ2v) is 10.1. The molecule has 28 heavy (non-hydrogen) atoms. The summed E-state index contributed by atoms with van der Waals surface area (Å²) in [6.07, 6.45) is 2.47. The summed E-state index contributed by atoms with van der Waals surface area (Å²) in [5.74, 6) is 0.696. The fourth-order valence-corrected chi connectivity index (χ4v) is 5.69. The molecule has 1 aliphatic carbocycles. The highest BCUT2D eigenvalue weighted by Gasteiger charge is 2.53. The predicted octanol–water partition coefficient (Wildman–Crippen LogP) is 5.00. The van der Waals surface area contributed by atoms with Crippen molar-refractivity contribution in [2.75, 3.05) is 14.2 Å². The van der Waals surface area contributed by atoms with Gasteiger partial charge in [0.2, 0.25) is 11.4 Å². The van der Waals surface area contributed by atoms with E-state index in [9.17, 15) is 5.21 Å². The van der Waals surface area contributed by atoms with Gasteiger partial charge in [0.05, 0.1) is 22.1 Å². The van der Waals surface area contributed by atoms with Crippen LogP contribution in [0.4, 0.5) is 5.69 Å². The minimum absolute atomic E-state index is 0.0227. The molecular weight excluding hydrogens is 354 g/mol. The molecule has 0 fully saturated rings. The van der Waals surface area contributed by atoms with Crippen molar-refractivity contribution in [3.63, 3.8) is 0 Å². The first kappa shape index (κ1) is 19.5. The molecular formula is C23H31NO4. The van der Waals surface area contributed by atoms with Gasteiger partial charge in [-0.2, -0.15) is 4.74 Å². The van der Waals surface area contributed by atoms with Crippen LogP contribution in [0.5, 0.6) is 5.75 Å². The molecule has 0 amide bonds. The number of hydrogen-bond acceptors (Lipinski definition) is 4. The van der Waals surface area contributed by atoms with Crippen LogP contribution < -0.4 is 4.74 Å². The van der Waals surface area contributed by atoms with Gasteiger partial charge in [0, 0.05) is 14.2 Å². The molecule has 2 heterocycles. The molecule has 1 aromatic rings. The van der Waals surface area contributed by atoms with Gasteiger partial charge in [-0.15, -0.1) is 0 Å². The Hall–Kier alpha value is -1.85. The van der Waals surface area contributed by atoms with E-state index in [0.29, 0.717) is 11.4 Å². The van der Waals surface area contributed by atoms with Gasteiger partial charge in [-0.3, -0.25) is 0 Å². The quantitative estimate of drug-likeness (QED) is 0.531. The summed E-state index contributed by atoms with van der Waals surface area (Å²) in [6.45, 7) is 12.8. The third-order valence-electron chi connectivity index (χ3n) is 6.33. The van der Waals surface area contributed by atoms with Crippen molar-refractivity contribution < 1.29 is 18.9 Å². The van der Waals surface area contributed by atoms with Gasteiger partial charge in [-0.25, -0.2) is 0 Å². The molecule has 0 bridgehead atoms. The predicted molar refractivity (Wildman–Crippen MR) is 110 cm³/mol. The highest BCUT2D eigenvalue weighted by molar-refractivity contribution is 6.28. The Morgan fingerprint density at radius 3 is 2.36 bits per heavy atom. The molecule has 3 aliphatic rings. The average molecular weight is 386 g/mol. The van der Waals surface area contributed by atoms with Crippen LogP contribution in [0.25, 0.3) is 5.57 Å². The normalized spacial score (nSPS) is 28.8. The van der Waals surface area contributed by atoms with Crippen molar-refractivity contribution >= 4 is 17.0 Å². The molecule has 0 saturated carbocycles. The molecule has 1 aromatic carbocycles. The van der Waals surface area contributed by atoms with Crippen LogP contribution in [-0.2, 0) is 9.47 Å². The van der Waals surface area contributed by atoms with Crippen LogP contribution in [0, 0.1) is 16.0 Å². The molecule has 0 aromatic heterocycles. The Morgan fingerprint density at radius 2 is 1.75 bits per heavy atom. The summed E-state index contributed by atoms with van der Waals surface area (Å²) in [7, 11) is 3.32. The van der Waals surface area contributed by atoms with E-state index in [0.717, 1.165) is 33.6 Å². The van der Waals surface area contributed by atoms with Crippen LogP contribution in [0.3, 0.4) is 0 Å². The number of nitrogens with zero attached hydrogens (tertiary/aromatic N) is 1. The van der Waals surface area contributed by atoms with Crippen molar-refractivity contribution in [2.45, 2.75) is 65.8 Å². The first-order valence-electron chi connectivity index (χ1n) is 9.93. The number of methoxy groups -OCH3 is 2. The number of hydrogen-bond donors (Lipinski definition) is 0. The number of rotatable bonds is 2. The molecule has 5 heteroatoms. The summed E-state index contributed by atoms with van der Waals surface area (Å²) < 4.78 is 19.0. The number of fused-ring (bicyclic) bond motifs is 5. The molecule has 0 N–H and O–H groups in total. The molecule has 0 spiro atoms. The van der Waals surface area contributed by atoms with Gasteiger partial charge in [0.15, 0.2) is 0 Å². The molecule has 0 radical (unpaired) electrons. The van der Waals surface area contributed by atoms with Crippen molar-refractivity contribution in [3.8, 4) is 5.75 Å². The standard InChI is InChI=1S/C23H31NO4/c1-21(2)11-14-13-9-10-15-16(17(13)24(25)19(14)22(3,4)12-21)18(26-7)20(27-8)23(5,6)28-15/h9-11,18,20H,12H2,1-8H3/t18-,20+/m0/s1. The van der Waals surface area contributed by atoms with Gasteiger partial charge >= 0.3 is 0 Å². The Labute approximate surface area is 167 Å². The van der Waals surface area contributed by atoms with E-state index in [1.807, 2.05) is 26.0 Å².